The van der Waals surface area contributed by atoms with Crippen LogP contribution in [-0.2, 0) is 9.59 Å². The molecule has 3 rings (SSSR count). The highest BCUT2D eigenvalue weighted by atomic mass is 35.5. The summed E-state index contributed by atoms with van der Waals surface area (Å²) < 4.78 is 0. The van der Waals surface area contributed by atoms with Crippen LogP contribution in [0.4, 0.5) is 0 Å². The fraction of sp³-hybridized carbons (Fsp3) is 0.867. The molecule has 3 fully saturated rings. The van der Waals surface area contributed by atoms with Gasteiger partial charge in [0.15, 0.2) is 0 Å². The van der Waals surface area contributed by atoms with Crippen LogP contribution in [0.25, 0.3) is 0 Å². The first-order valence-electron chi connectivity index (χ1n) is 7.94. The van der Waals surface area contributed by atoms with Gasteiger partial charge in [-0.05, 0) is 50.5 Å². The molecule has 1 unspecified atom stereocenters. The molecule has 0 spiro atoms. The summed E-state index contributed by atoms with van der Waals surface area (Å²) >= 11 is 0. The molecule has 3 N–H and O–H groups in total. The first-order chi connectivity index (χ1) is 9.68. The molecular weight excluding hydrogens is 290 g/mol. The molecule has 1 saturated heterocycles. The first-order valence-corrected chi connectivity index (χ1v) is 7.94. The van der Waals surface area contributed by atoms with E-state index in [1.54, 1.807) is 0 Å². The van der Waals surface area contributed by atoms with Gasteiger partial charge in [-0.1, -0.05) is 0 Å². The Balaban J connectivity index is 0.00000161. The van der Waals surface area contributed by atoms with Gasteiger partial charge in [-0.15, -0.1) is 12.4 Å². The molecule has 2 saturated carbocycles. The number of carbonyl (C=O) groups is 2. The predicted molar refractivity (Wildman–Crippen MR) is 83.3 cm³/mol. The van der Waals surface area contributed by atoms with Gasteiger partial charge < -0.3 is 16.0 Å². The van der Waals surface area contributed by atoms with E-state index in [1.165, 1.54) is 25.7 Å². The molecule has 0 radical (unpaired) electrons. The topological polar surface area (TPSA) is 70.2 Å². The van der Waals surface area contributed by atoms with Gasteiger partial charge in [0.25, 0.3) is 0 Å². The Kier molecular flexibility index (Phi) is 5.49. The fourth-order valence-corrected chi connectivity index (χ4v) is 2.87. The summed E-state index contributed by atoms with van der Waals surface area (Å²) in [6, 6.07) is 0. The van der Waals surface area contributed by atoms with Crippen molar-refractivity contribution in [3.63, 3.8) is 0 Å². The van der Waals surface area contributed by atoms with Gasteiger partial charge in [0.1, 0.15) is 0 Å². The largest absolute Gasteiger partial charge is 0.356 e. The minimum Gasteiger partial charge on any atom is -0.356 e. The summed E-state index contributed by atoms with van der Waals surface area (Å²) in [5.41, 5.74) is -0.525. The molecule has 0 aromatic carbocycles. The third-order valence-electron chi connectivity index (χ3n) is 4.76. The highest BCUT2D eigenvalue weighted by molar-refractivity contribution is 5.89. The summed E-state index contributed by atoms with van der Waals surface area (Å²) in [6.07, 6.45) is 6.01. The quantitative estimate of drug-likeness (QED) is 0.652. The van der Waals surface area contributed by atoms with Crippen molar-refractivity contribution in [2.75, 3.05) is 26.2 Å². The van der Waals surface area contributed by atoms with Crippen LogP contribution in [0.1, 0.15) is 38.5 Å². The lowest BCUT2D eigenvalue weighted by atomic mass is 9.82. The van der Waals surface area contributed by atoms with Crippen LogP contribution in [0, 0.1) is 17.3 Å². The molecule has 0 bridgehead atoms. The van der Waals surface area contributed by atoms with E-state index >= 15 is 0 Å². The minimum atomic E-state index is -0.525. The van der Waals surface area contributed by atoms with Crippen molar-refractivity contribution in [2.45, 2.75) is 38.5 Å². The van der Waals surface area contributed by atoms with Crippen molar-refractivity contribution in [1.29, 1.82) is 0 Å². The predicted octanol–water partition coefficient (Wildman–Crippen LogP) is 0.830. The third-order valence-corrected chi connectivity index (χ3v) is 4.76. The molecule has 2 amide bonds. The van der Waals surface area contributed by atoms with Crippen LogP contribution in [0.2, 0.25) is 0 Å². The molecule has 6 heteroatoms. The van der Waals surface area contributed by atoms with Crippen LogP contribution < -0.4 is 16.0 Å². The van der Waals surface area contributed by atoms with Gasteiger partial charge in [-0.3, -0.25) is 9.59 Å². The summed E-state index contributed by atoms with van der Waals surface area (Å²) in [4.78, 5) is 24.5. The molecular formula is C15H26ClN3O2. The second-order valence-electron chi connectivity index (χ2n) is 6.78. The van der Waals surface area contributed by atoms with E-state index < -0.39 is 5.41 Å². The van der Waals surface area contributed by atoms with E-state index in [2.05, 4.69) is 16.0 Å². The number of carbonyl (C=O) groups excluding carboxylic acids is 2. The molecule has 3 aliphatic rings. The zero-order chi connectivity index (χ0) is 14.0. The second kappa shape index (κ2) is 6.97. The lowest BCUT2D eigenvalue weighted by molar-refractivity contribution is -0.135. The number of halogens is 1. The molecule has 5 nitrogen and oxygen atoms in total. The van der Waals surface area contributed by atoms with Crippen molar-refractivity contribution in [3.05, 3.63) is 0 Å². The molecule has 120 valence electrons. The maximum absolute atomic E-state index is 12.5. The average molecular weight is 316 g/mol. The van der Waals surface area contributed by atoms with E-state index in [9.17, 15) is 9.59 Å². The van der Waals surface area contributed by atoms with Crippen molar-refractivity contribution < 1.29 is 9.59 Å². The Morgan fingerprint density at radius 3 is 2.19 bits per heavy atom. The Hall–Kier alpha value is -0.810. The summed E-state index contributed by atoms with van der Waals surface area (Å²) in [5.74, 6) is 1.45. The van der Waals surface area contributed by atoms with E-state index in [0.717, 1.165) is 26.1 Å². The molecule has 1 atom stereocenters. The van der Waals surface area contributed by atoms with E-state index in [-0.39, 0.29) is 24.2 Å². The summed E-state index contributed by atoms with van der Waals surface area (Å²) in [7, 11) is 0. The molecule has 0 aromatic heterocycles. The molecule has 1 heterocycles. The zero-order valence-corrected chi connectivity index (χ0v) is 13.3. The maximum Gasteiger partial charge on any atom is 0.228 e. The minimum absolute atomic E-state index is 0. The normalized spacial score (nSPS) is 27.8. The van der Waals surface area contributed by atoms with Crippen molar-refractivity contribution in [3.8, 4) is 0 Å². The van der Waals surface area contributed by atoms with Gasteiger partial charge in [0, 0.05) is 26.1 Å². The van der Waals surface area contributed by atoms with E-state index in [0.29, 0.717) is 24.8 Å². The zero-order valence-electron chi connectivity index (χ0n) is 12.5. The number of amides is 2. The maximum atomic E-state index is 12.5. The first kappa shape index (κ1) is 16.6. The Morgan fingerprint density at radius 1 is 1.05 bits per heavy atom. The van der Waals surface area contributed by atoms with E-state index in [4.69, 9.17) is 0 Å². The molecule has 2 aliphatic carbocycles. The Labute approximate surface area is 132 Å². The van der Waals surface area contributed by atoms with Gasteiger partial charge in [-0.25, -0.2) is 0 Å². The van der Waals surface area contributed by atoms with E-state index in [1.807, 2.05) is 0 Å². The summed E-state index contributed by atoms with van der Waals surface area (Å²) in [5, 5.41) is 9.27. The smallest absolute Gasteiger partial charge is 0.228 e. The number of hydrogen-bond donors (Lipinski definition) is 3. The average Bonchev–Trinajstić information content (AvgIpc) is 3.35. The number of nitrogens with one attached hydrogen (secondary N) is 3. The van der Waals surface area contributed by atoms with Crippen LogP contribution in [0.15, 0.2) is 0 Å². The highest BCUT2D eigenvalue weighted by Crippen LogP contribution is 2.32. The number of rotatable bonds is 7. The molecule has 0 aromatic rings. The summed E-state index contributed by atoms with van der Waals surface area (Å²) in [6.45, 7) is 3.02. The van der Waals surface area contributed by atoms with Crippen molar-refractivity contribution in [2.24, 2.45) is 17.3 Å². The lowest BCUT2D eigenvalue weighted by Crippen LogP contribution is -2.46. The number of hydrogen-bond acceptors (Lipinski definition) is 3. The monoisotopic (exact) mass is 315 g/mol. The molecule has 21 heavy (non-hydrogen) atoms. The van der Waals surface area contributed by atoms with Crippen LogP contribution in [-0.4, -0.2) is 38.0 Å². The lowest BCUT2D eigenvalue weighted by Gasteiger charge is -2.26. The third kappa shape index (κ3) is 4.58. The van der Waals surface area contributed by atoms with Crippen LogP contribution in [0.5, 0.6) is 0 Å². The second-order valence-corrected chi connectivity index (χ2v) is 6.78. The van der Waals surface area contributed by atoms with Gasteiger partial charge >= 0.3 is 0 Å². The van der Waals surface area contributed by atoms with Gasteiger partial charge in [0.2, 0.25) is 11.8 Å². The highest BCUT2D eigenvalue weighted by Gasteiger charge is 2.43. The Bertz CT molecular complexity index is 388. The fourth-order valence-electron chi connectivity index (χ4n) is 2.87. The molecule has 1 aliphatic heterocycles. The standard InChI is InChI=1S/C15H25N3O2.ClH/c19-13(17-8-11-1-2-11)7-15(5-6-16-10-15)14(20)18-9-12-3-4-12;/h11-12,16H,1-10H2,(H,17,19)(H,18,20);1H. The van der Waals surface area contributed by atoms with Gasteiger partial charge in [0.05, 0.1) is 5.41 Å². The SMILES string of the molecule is Cl.O=C(CC1(C(=O)NCC2CC2)CCNC1)NCC1CC1. The van der Waals surface area contributed by atoms with Crippen molar-refractivity contribution in [1.82, 2.24) is 16.0 Å². The van der Waals surface area contributed by atoms with Crippen LogP contribution >= 0.6 is 12.4 Å². The van der Waals surface area contributed by atoms with Crippen LogP contribution in [0.3, 0.4) is 0 Å². The Morgan fingerprint density at radius 2 is 1.67 bits per heavy atom. The van der Waals surface area contributed by atoms with Gasteiger partial charge in [-0.2, -0.15) is 0 Å². The van der Waals surface area contributed by atoms with Crippen molar-refractivity contribution >= 4 is 24.2 Å².